The van der Waals surface area contributed by atoms with Gasteiger partial charge in [0.25, 0.3) is 0 Å². The Balaban J connectivity index is 2.38. The summed E-state index contributed by atoms with van der Waals surface area (Å²) < 4.78 is 3.66. The third-order valence-corrected chi connectivity index (χ3v) is 1.14. The van der Waals surface area contributed by atoms with Crippen LogP contribution in [0.3, 0.4) is 0 Å². The van der Waals surface area contributed by atoms with Crippen LogP contribution in [0.25, 0.3) is 0 Å². The predicted molar refractivity (Wildman–Crippen MR) is 40.5 cm³/mol. The largest absolute Gasteiger partial charge is 0.568 e. The number of para-hydroxylation sites is 1. The van der Waals surface area contributed by atoms with Gasteiger partial charge in [-0.25, -0.2) is 4.89 Å². The van der Waals surface area contributed by atoms with Crippen molar-refractivity contribution in [2.24, 2.45) is 0 Å². The first-order valence-electron chi connectivity index (χ1n) is 3.05. The van der Waals surface area contributed by atoms with Gasteiger partial charge in [0.05, 0.1) is 0 Å². The number of carbonyl (C=O) groups is 1. The Bertz CT molecular complexity index is 249. The van der Waals surface area contributed by atoms with E-state index in [0.29, 0.717) is 5.75 Å². The molecule has 0 N–H and O–H groups in total. The Kier molecular flexibility index (Phi) is 3.22. The molecule has 5 heteroatoms. The maximum Gasteiger partial charge on any atom is 0.568 e. The van der Waals surface area contributed by atoms with Crippen molar-refractivity contribution in [3.8, 4) is 5.75 Å². The fourth-order valence-corrected chi connectivity index (χ4v) is 0.597. The molecule has 0 heterocycles. The van der Waals surface area contributed by atoms with Gasteiger partial charge in [-0.15, -0.1) is 0 Å². The molecule has 0 amide bonds. The van der Waals surface area contributed by atoms with Crippen LogP contribution in [0.4, 0.5) is 4.79 Å². The minimum absolute atomic E-state index is 0.388. The molecular weight excluding hydrogens is 184 g/mol. The highest BCUT2D eigenvalue weighted by atomic mass is 35.5. The maximum atomic E-state index is 10.3. The Morgan fingerprint density at radius 2 is 1.92 bits per heavy atom. The second-order valence-electron chi connectivity index (χ2n) is 1.81. The first-order valence-corrected chi connectivity index (χ1v) is 3.36. The van der Waals surface area contributed by atoms with E-state index in [4.69, 9.17) is 0 Å². The molecule has 0 fully saturated rings. The first-order chi connectivity index (χ1) is 5.83. The summed E-state index contributed by atoms with van der Waals surface area (Å²) in [6.45, 7) is 0. The lowest BCUT2D eigenvalue weighted by atomic mass is 10.3. The van der Waals surface area contributed by atoms with Gasteiger partial charge in [0, 0.05) is 0 Å². The van der Waals surface area contributed by atoms with Crippen LogP contribution in [-0.4, -0.2) is 6.16 Å². The zero-order valence-electron chi connectivity index (χ0n) is 5.90. The molecule has 0 radical (unpaired) electrons. The van der Waals surface area contributed by atoms with Gasteiger partial charge in [-0.2, -0.15) is 4.79 Å². The molecule has 1 rings (SSSR count). The van der Waals surface area contributed by atoms with Gasteiger partial charge in [0.15, 0.2) is 5.75 Å². The van der Waals surface area contributed by atoms with Crippen molar-refractivity contribution in [3.05, 3.63) is 30.3 Å². The predicted octanol–water partition coefficient (Wildman–Crippen LogP) is 2.29. The lowest BCUT2D eigenvalue weighted by Gasteiger charge is -1.99. The van der Waals surface area contributed by atoms with Crippen molar-refractivity contribution in [1.82, 2.24) is 0 Å². The minimum atomic E-state index is -1.11. The molecule has 1 aromatic carbocycles. The lowest BCUT2D eigenvalue weighted by Crippen LogP contribution is -2.04. The molecule has 0 atom stereocenters. The molecule has 12 heavy (non-hydrogen) atoms. The Hall–Kier alpha value is -1.42. The molecule has 0 unspecified atom stereocenters. The summed E-state index contributed by atoms with van der Waals surface area (Å²) in [6.07, 6.45) is -1.11. The summed E-state index contributed by atoms with van der Waals surface area (Å²) in [5.74, 6) is 0.388. The smallest absolute Gasteiger partial charge is 0.312 e. The summed E-state index contributed by atoms with van der Waals surface area (Å²) in [4.78, 5) is 18.9. The molecular formula is C7H5ClO4. The second kappa shape index (κ2) is 4.46. The van der Waals surface area contributed by atoms with Gasteiger partial charge in [0.1, 0.15) is 11.9 Å². The molecule has 1 aromatic rings. The van der Waals surface area contributed by atoms with Crippen LogP contribution in [0.5, 0.6) is 5.75 Å². The normalized spacial score (nSPS) is 8.75. The van der Waals surface area contributed by atoms with E-state index in [1.807, 2.05) is 0 Å². The number of rotatable bonds is 2. The van der Waals surface area contributed by atoms with Crippen LogP contribution >= 0.6 is 11.9 Å². The number of hydrogen-bond donors (Lipinski definition) is 0. The quantitative estimate of drug-likeness (QED) is 0.528. The summed E-state index contributed by atoms with van der Waals surface area (Å²) in [5, 5.41) is 0. The van der Waals surface area contributed by atoms with E-state index in [1.165, 1.54) is 0 Å². The summed E-state index contributed by atoms with van der Waals surface area (Å²) in [5.41, 5.74) is 0. The van der Waals surface area contributed by atoms with Crippen LogP contribution in [0.1, 0.15) is 0 Å². The number of carbonyl (C=O) groups excluding carboxylic acids is 1. The highest BCUT2D eigenvalue weighted by Gasteiger charge is 2.03. The third kappa shape index (κ3) is 2.67. The zero-order valence-corrected chi connectivity index (χ0v) is 6.65. The summed E-state index contributed by atoms with van der Waals surface area (Å²) in [7, 11) is 0. The molecule has 4 nitrogen and oxygen atoms in total. The fraction of sp³-hybridized carbons (Fsp3) is 0. The molecule has 0 aromatic heterocycles. The van der Waals surface area contributed by atoms with Crippen molar-refractivity contribution >= 4 is 18.0 Å². The molecule has 0 spiro atoms. The highest BCUT2D eigenvalue weighted by Crippen LogP contribution is 2.08. The van der Waals surface area contributed by atoms with Gasteiger partial charge in [-0.1, -0.05) is 18.2 Å². The number of hydrogen-bond acceptors (Lipinski definition) is 4. The first kappa shape index (κ1) is 8.67. The van der Waals surface area contributed by atoms with Crippen LogP contribution in [0.15, 0.2) is 30.3 Å². The molecule has 0 aliphatic heterocycles. The van der Waals surface area contributed by atoms with Crippen molar-refractivity contribution in [1.29, 1.82) is 0 Å². The van der Waals surface area contributed by atoms with E-state index >= 15 is 0 Å². The van der Waals surface area contributed by atoms with Crippen LogP contribution < -0.4 is 4.89 Å². The number of benzene rings is 1. The molecule has 0 aliphatic carbocycles. The molecule has 0 saturated heterocycles. The Morgan fingerprint density at radius 1 is 1.25 bits per heavy atom. The van der Waals surface area contributed by atoms with E-state index in [-0.39, 0.29) is 0 Å². The Labute approximate surface area is 73.7 Å². The van der Waals surface area contributed by atoms with E-state index in [1.54, 1.807) is 30.3 Å². The minimum Gasteiger partial charge on any atom is -0.312 e. The summed E-state index contributed by atoms with van der Waals surface area (Å²) in [6, 6.07) is 8.48. The van der Waals surface area contributed by atoms with E-state index in [9.17, 15) is 4.79 Å². The van der Waals surface area contributed by atoms with Crippen LogP contribution in [0, 0.1) is 0 Å². The van der Waals surface area contributed by atoms with Crippen molar-refractivity contribution in [2.45, 2.75) is 0 Å². The Morgan fingerprint density at radius 3 is 2.50 bits per heavy atom. The van der Waals surface area contributed by atoms with Crippen molar-refractivity contribution in [3.63, 3.8) is 0 Å². The SMILES string of the molecule is O=C(OCl)OOc1ccccc1. The van der Waals surface area contributed by atoms with Gasteiger partial charge >= 0.3 is 6.16 Å². The van der Waals surface area contributed by atoms with Crippen molar-refractivity contribution < 1.29 is 18.9 Å². The van der Waals surface area contributed by atoms with E-state index < -0.39 is 6.16 Å². The standard InChI is InChI=1S/C7H5ClO4/c8-10-7(9)12-11-6-4-2-1-3-5-6/h1-5H. The van der Waals surface area contributed by atoms with E-state index in [0.717, 1.165) is 0 Å². The average Bonchev–Trinajstić information content (AvgIpc) is 2.16. The topological polar surface area (TPSA) is 44.8 Å². The average molecular weight is 189 g/mol. The second-order valence-corrected chi connectivity index (χ2v) is 1.96. The van der Waals surface area contributed by atoms with Crippen molar-refractivity contribution in [2.75, 3.05) is 0 Å². The van der Waals surface area contributed by atoms with Gasteiger partial charge in [-0.05, 0) is 12.1 Å². The molecule has 0 saturated carbocycles. The monoisotopic (exact) mass is 188 g/mol. The third-order valence-electron chi connectivity index (χ3n) is 1.01. The molecule has 64 valence electrons. The maximum absolute atomic E-state index is 10.3. The van der Waals surface area contributed by atoms with Gasteiger partial charge in [0.2, 0.25) is 0 Å². The van der Waals surface area contributed by atoms with Gasteiger partial charge in [-0.3, -0.25) is 4.89 Å². The molecule has 0 bridgehead atoms. The van der Waals surface area contributed by atoms with Gasteiger partial charge < -0.3 is 4.29 Å². The van der Waals surface area contributed by atoms with E-state index in [2.05, 4.69) is 25.9 Å². The lowest BCUT2D eigenvalue weighted by molar-refractivity contribution is -0.157. The highest BCUT2D eigenvalue weighted by molar-refractivity contribution is 6.12. The van der Waals surface area contributed by atoms with Crippen LogP contribution in [0.2, 0.25) is 0 Å². The van der Waals surface area contributed by atoms with Crippen LogP contribution in [-0.2, 0) is 9.18 Å². The summed E-state index contributed by atoms with van der Waals surface area (Å²) >= 11 is 4.66. The zero-order chi connectivity index (χ0) is 8.81. The molecule has 0 aliphatic rings. The fourth-order valence-electron chi connectivity index (χ4n) is 0.571. The number of halogens is 1.